The topological polar surface area (TPSA) is 64.7 Å². The van der Waals surface area contributed by atoms with Gasteiger partial charge in [0.25, 0.3) is 0 Å². The normalized spacial score (nSPS) is 12.4. The average molecular weight is 246 g/mol. The Balaban J connectivity index is 2.08. The summed E-state index contributed by atoms with van der Waals surface area (Å²) in [6.07, 6.45) is 7.78. The summed E-state index contributed by atoms with van der Waals surface area (Å²) in [5, 5.41) is 0.863. The Morgan fingerprint density at radius 1 is 1.24 bits per heavy atom. The lowest BCUT2D eigenvalue weighted by molar-refractivity contribution is 0.674. The van der Waals surface area contributed by atoms with E-state index in [-0.39, 0.29) is 6.04 Å². The molecule has 0 aliphatic carbocycles. The maximum atomic E-state index is 5.91. The van der Waals surface area contributed by atoms with Crippen molar-refractivity contribution in [3.63, 3.8) is 0 Å². The molecule has 0 fully saturated rings. The molecule has 0 aliphatic heterocycles. The highest BCUT2D eigenvalue weighted by Crippen LogP contribution is 2.25. The molecule has 1 unspecified atom stereocenters. The third-order valence-corrected chi connectivity index (χ3v) is 3.24. The SMILES string of the molecule is CCC(N)c1ccc(Sc2cnccn2)cn1. The van der Waals surface area contributed by atoms with E-state index in [1.807, 2.05) is 18.3 Å². The molecule has 4 nitrogen and oxygen atoms in total. The molecule has 88 valence electrons. The van der Waals surface area contributed by atoms with Crippen molar-refractivity contribution in [2.24, 2.45) is 5.73 Å². The zero-order valence-corrected chi connectivity index (χ0v) is 10.4. The lowest BCUT2D eigenvalue weighted by Crippen LogP contribution is -2.10. The van der Waals surface area contributed by atoms with Crippen LogP contribution < -0.4 is 5.73 Å². The second-order valence-electron chi connectivity index (χ2n) is 3.58. The Morgan fingerprint density at radius 3 is 2.71 bits per heavy atom. The predicted molar refractivity (Wildman–Crippen MR) is 67.6 cm³/mol. The standard InChI is InChI=1S/C12H14N4S/c1-2-10(13)11-4-3-9(7-16-11)17-12-8-14-5-6-15-12/h3-8,10H,2,13H2,1H3. The van der Waals surface area contributed by atoms with E-state index in [4.69, 9.17) is 5.73 Å². The van der Waals surface area contributed by atoms with Crippen molar-refractivity contribution >= 4 is 11.8 Å². The minimum Gasteiger partial charge on any atom is -0.323 e. The van der Waals surface area contributed by atoms with Gasteiger partial charge in [0.1, 0.15) is 5.03 Å². The number of hydrogen-bond acceptors (Lipinski definition) is 5. The molecule has 1 atom stereocenters. The van der Waals surface area contributed by atoms with Crippen LogP contribution in [0.2, 0.25) is 0 Å². The zero-order chi connectivity index (χ0) is 12.1. The first-order chi connectivity index (χ1) is 8.29. The summed E-state index contributed by atoms with van der Waals surface area (Å²) in [5.74, 6) is 0. The number of nitrogens with zero attached hydrogens (tertiary/aromatic N) is 3. The second-order valence-corrected chi connectivity index (χ2v) is 4.67. The zero-order valence-electron chi connectivity index (χ0n) is 9.58. The molecule has 5 heteroatoms. The fourth-order valence-corrected chi connectivity index (χ4v) is 2.05. The molecule has 2 N–H and O–H groups in total. The van der Waals surface area contributed by atoms with Crippen LogP contribution in [0.5, 0.6) is 0 Å². The molecule has 17 heavy (non-hydrogen) atoms. The van der Waals surface area contributed by atoms with Gasteiger partial charge < -0.3 is 5.73 Å². The van der Waals surface area contributed by atoms with Gasteiger partial charge in [0, 0.05) is 29.5 Å². The largest absolute Gasteiger partial charge is 0.323 e. The molecule has 0 radical (unpaired) electrons. The minimum atomic E-state index is 0.0190. The molecular weight excluding hydrogens is 232 g/mol. The number of rotatable bonds is 4. The van der Waals surface area contributed by atoms with E-state index in [0.717, 1.165) is 22.0 Å². The Labute approximate surface area is 105 Å². The van der Waals surface area contributed by atoms with E-state index < -0.39 is 0 Å². The molecular formula is C12H14N4S. The van der Waals surface area contributed by atoms with E-state index in [1.54, 1.807) is 18.6 Å². The van der Waals surface area contributed by atoms with Crippen LogP contribution >= 0.6 is 11.8 Å². The minimum absolute atomic E-state index is 0.0190. The Bertz CT molecular complexity index is 458. The molecule has 2 rings (SSSR count). The van der Waals surface area contributed by atoms with Crippen LogP contribution in [0.3, 0.4) is 0 Å². The van der Waals surface area contributed by atoms with E-state index in [2.05, 4.69) is 21.9 Å². The fraction of sp³-hybridized carbons (Fsp3) is 0.250. The molecule has 0 bridgehead atoms. The van der Waals surface area contributed by atoms with Gasteiger partial charge in [-0.25, -0.2) is 4.98 Å². The lowest BCUT2D eigenvalue weighted by Gasteiger charge is -2.08. The number of aromatic nitrogens is 3. The van der Waals surface area contributed by atoms with E-state index in [9.17, 15) is 0 Å². The summed E-state index contributed by atoms with van der Waals surface area (Å²) < 4.78 is 0. The summed E-state index contributed by atoms with van der Waals surface area (Å²) in [4.78, 5) is 13.6. The number of pyridine rings is 1. The average Bonchev–Trinajstić information content (AvgIpc) is 2.40. The summed E-state index contributed by atoms with van der Waals surface area (Å²) in [6.45, 7) is 2.05. The third kappa shape index (κ3) is 3.25. The van der Waals surface area contributed by atoms with Crippen LogP contribution in [0.4, 0.5) is 0 Å². The lowest BCUT2D eigenvalue weighted by atomic mass is 10.1. The van der Waals surface area contributed by atoms with Crippen LogP contribution in [0.25, 0.3) is 0 Å². The highest BCUT2D eigenvalue weighted by Gasteiger charge is 2.05. The Morgan fingerprint density at radius 2 is 2.12 bits per heavy atom. The van der Waals surface area contributed by atoms with Crippen LogP contribution in [-0.4, -0.2) is 15.0 Å². The molecule has 2 aromatic rings. The van der Waals surface area contributed by atoms with Crippen LogP contribution in [0.1, 0.15) is 25.1 Å². The maximum Gasteiger partial charge on any atom is 0.119 e. The summed E-state index contributed by atoms with van der Waals surface area (Å²) in [5.41, 5.74) is 6.83. The van der Waals surface area contributed by atoms with Gasteiger partial charge in [0.05, 0.1) is 11.9 Å². The predicted octanol–water partition coefficient (Wildman–Crippen LogP) is 2.43. The molecule has 2 heterocycles. The van der Waals surface area contributed by atoms with Gasteiger partial charge in [-0.15, -0.1) is 0 Å². The van der Waals surface area contributed by atoms with E-state index in [1.165, 1.54) is 11.8 Å². The van der Waals surface area contributed by atoms with Gasteiger partial charge in [0.15, 0.2) is 0 Å². The first-order valence-corrected chi connectivity index (χ1v) is 6.26. The molecule has 0 aromatic carbocycles. The molecule has 0 saturated heterocycles. The van der Waals surface area contributed by atoms with Gasteiger partial charge in [-0.1, -0.05) is 18.7 Å². The molecule has 0 aliphatic rings. The van der Waals surface area contributed by atoms with Crippen molar-refractivity contribution in [2.45, 2.75) is 29.3 Å². The summed E-state index contributed by atoms with van der Waals surface area (Å²) in [7, 11) is 0. The van der Waals surface area contributed by atoms with Crippen molar-refractivity contribution in [1.82, 2.24) is 15.0 Å². The third-order valence-electron chi connectivity index (χ3n) is 2.34. The molecule has 0 spiro atoms. The quantitative estimate of drug-likeness (QED) is 0.897. The molecule has 2 aromatic heterocycles. The highest BCUT2D eigenvalue weighted by atomic mass is 32.2. The van der Waals surface area contributed by atoms with Gasteiger partial charge in [0.2, 0.25) is 0 Å². The van der Waals surface area contributed by atoms with Crippen molar-refractivity contribution < 1.29 is 0 Å². The van der Waals surface area contributed by atoms with Crippen LogP contribution in [0, 0.1) is 0 Å². The summed E-state index contributed by atoms with van der Waals surface area (Å²) in [6, 6.07) is 4.00. The van der Waals surface area contributed by atoms with Crippen LogP contribution in [0.15, 0.2) is 46.8 Å². The monoisotopic (exact) mass is 246 g/mol. The van der Waals surface area contributed by atoms with E-state index in [0.29, 0.717) is 0 Å². The van der Waals surface area contributed by atoms with Crippen molar-refractivity contribution in [3.05, 3.63) is 42.6 Å². The van der Waals surface area contributed by atoms with Gasteiger partial charge in [-0.05, 0) is 18.6 Å². The second kappa shape index (κ2) is 5.75. The number of nitrogens with two attached hydrogens (primary N) is 1. The van der Waals surface area contributed by atoms with Crippen molar-refractivity contribution in [2.75, 3.05) is 0 Å². The molecule has 0 amide bonds. The summed E-state index contributed by atoms with van der Waals surface area (Å²) >= 11 is 1.54. The highest BCUT2D eigenvalue weighted by molar-refractivity contribution is 7.99. The first kappa shape index (κ1) is 12.0. The smallest absolute Gasteiger partial charge is 0.119 e. The van der Waals surface area contributed by atoms with Crippen LogP contribution in [-0.2, 0) is 0 Å². The van der Waals surface area contributed by atoms with Crippen molar-refractivity contribution in [1.29, 1.82) is 0 Å². The Hall–Kier alpha value is -1.46. The van der Waals surface area contributed by atoms with Gasteiger partial charge >= 0.3 is 0 Å². The Kier molecular flexibility index (Phi) is 4.06. The van der Waals surface area contributed by atoms with E-state index >= 15 is 0 Å². The van der Waals surface area contributed by atoms with Crippen molar-refractivity contribution in [3.8, 4) is 0 Å². The first-order valence-electron chi connectivity index (χ1n) is 5.45. The molecule has 0 saturated carbocycles. The van der Waals surface area contributed by atoms with Gasteiger partial charge in [-0.2, -0.15) is 0 Å². The maximum absolute atomic E-state index is 5.91. The number of hydrogen-bond donors (Lipinski definition) is 1. The fourth-order valence-electron chi connectivity index (χ4n) is 1.34. The van der Waals surface area contributed by atoms with Gasteiger partial charge in [-0.3, -0.25) is 9.97 Å².